The molecule has 3 N–H and O–H groups in total. The molecule has 32 heavy (non-hydrogen) atoms. The van der Waals surface area contributed by atoms with Crippen LogP contribution in [0.1, 0.15) is 5.56 Å². The average Bonchev–Trinajstić information content (AvgIpc) is 3.14. The molecule has 0 aliphatic carbocycles. The third kappa shape index (κ3) is 4.72. The van der Waals surface area contributed by atoms with Crippen LogP contribution in [0, 0.1) is 5.82 Å². The molecule has 164 valence electrons. The van der Waals surface area contributed by atoms with Crippen LogP contribution < -0.4 is 15.4 Å². The van der Waals surface area contributed by atoms with Crippen LogP contribution in [0.3, 0.4) is 0 Å². The Hall–Kier alpha value is -3.86. The van der Waals surface area contributed by atoms with Crippen molar-refractivity contribution in [2.24, 2.45) is 0 Å². The first-order valence-corrected chi connectivity index (χ1v) is 9.30. The van der Waals surface area contributed by atoms with Gasteiger partial charge in [-0.3, -0.25) is 0 Å². The second kappa shape index (κ2) is 8.35. The number of nitrogens with zero attached hydrogens (tertiary/aromatic N) is 2. The minimum atomic E-state index is -4.67. The fourth-order valence-corrected chi connectivity index (χ4v) is 2.93. The number of imidazole rings is 1. The first kappa shape index (κ1) is 21.4. The lowest BCUT2D eigenvalue weighted by molar-refractivity contribution is -0.137. The van der Waals surface area contributed by atoms with E-state index in [-0.39, 0.29) is 11.2 Å². The van der Waals surface area contributed by atoms with Gasteiger partial charge in [0.05, 0.1) is 16.8 Å². The number of carbonyl (C=O) groups is 1. The fourth-order valence-electron chi connectivity index (χ4n) is 2.73. The molecule has 0 spiro atoms. The number of urea groups is 1. The van der Waals surface area contributed by atoms with E-state index in [9.17, 15) is 22.4 Å². The first-order chi connectivity index (χ1) is 15.2. The number of carbonyl (C=O) groups excluding carboxylic acids is 1. The van der Waals surface area contributed by atoms with Gasteiger partial charge in [-0.25, -0.2) is 14.2 Å². The minimum absolute atomic E-state index is 0.174. The summed E-state index contributed by atoms with van der Waals surface area (Å²) < 4.78 is 57.7. The van der Waals surface area contributed by atoms with Crippen molar-refractivity contribution in [2.45, 2.75) is 6.18 Å². The van der Waals surface area contributed by atoms with Gasteiger partial charge in [0.25, 0.3) is 6.01 Å². The number of hydrogen-bond donors (Lipinski definition) is 3. The number of aromatic amines is 1. The van der Waals surface area contributed by atoms with E-state index >= 15 is 0 Å². The molecule has 0 saturated heterocycles. The van der Waals surface area contributed by atoms with Gasteiger partial charge in [0.1, 0.15) is 17.1 Å². The van der Waals surface area contributed by atoms with Crippen LogP contribution in [-0.4, -0.2) is 21.0 Å². The zero-order chi connectivity index (χ0) is 22.9. The molecule has 0 aliphatic heterocycles. The number of hydrogen-bond acceptors (Lipinski definition) is 4. The van der Waals surface area contributed by atoms with Gasteiger partial charge in [-0.15, -0.1) is 0 Å². The second-order valence-corrected chi connectivity index (χ2v) is 6.79. The highest BCUT2D eigenvalue weighted by Crippen LogP contribution is 2.32. The summed E-state index contributed by atoms with van der Waals surface area (Å²) in [6, 6.07) is 8.65. The van der Waals surface area contributed by atoms with Crippen LogP contribution >= 0.6 is 11.6 Å². The summed E-state index contributed by atoms with van der Waals surface area (Å²) in [5, 5.41) is 4.69. The van der Waals surface area contributed by atoms with Crippen molar-refractivity contribution < 1.29 is 27.1 Å². The monoisotopic (exact) mass is 465 g/mol. The molecule has 2 amide bonds. The Bertz CT molecular complexity index is 1290. The van der Waals surface area contributed by atoms with E-state index in [4.69, 9.17) is 16.3 Å². The Morgan fingerprint density at radius 3 is 2.50 bits per heavy atom. The van der Waals surface area contributed by atoms with Gasteiger partial charge in [-0.1, -0.05) is 11.6 Å². The van der Waals surface area contributed by atoms with Crippen LogP contribution in [0.15, 0.2) is 54.7 Å². The standard InChI is InChI=1S/C20H12ClF4N5O2/c21-17-16-14(7-8-26-17)29-19(30-16)32-12-4-2-11(3-5-12)27-18(31)28-15-9-10(20(23,24)25)1-6-13(15)22/h1-9H,(H,29,30)(H2,27,28,31). The molecule has 2 aromatic carbocycles. The zero-order valence-electron chi connectivity index (χ0n) is 15.8. The van der Waals surface area contributed by atoms with Gasteiger partial charge >= 0.3 is 12.2 Å². The number of alkyl halides is 3. The van der Waals surface area contributed by atoms with Crippen molar-refractivity contribution in [2.75, 3.05) is 10.6 Å². The van der Waals surface area contributed by atoms with Gasteiger partial charge < -0.3 is 20.4 Å². The molecule has 0 unspecified atom stereocenters. The molecule has 0 atom stereocenters. The number of H-pyrrole nitrogens is 1. The molecule has 7 nitrogen and oxygen atoms in total. The Morgan fingerprint density at radius 1 is 1.06 bits per heavy atom. The fraction of sp³-hybridized carbons (Fsp3) is 0.0500. The highest BCUT2D eigenvalue weighted by Gasteiger charge is 2.31. The molecule has 0 saturated carbocycles. The maximum atomic E-state index is 13.8. The predicted octanol–water partition coefficient (Wildman–Crippen LogP) is 6.21. The van der Waals surface area contributed by atoms with E-state index in [1.54, 1.807) is 6.07 Å². The number of anilines is 2. The topological polar surface area (TPSA) is 91.9 Å². The number of aromatic nitrogens is 3. The lowest BCUT2D eigenvalue weighted by atomic mass is 10.2. The Balaban J connectivity index is 1.41. The Labute approximate surface area is 182 Å². The van der Waals surface area contributed by atoms with Gasteiger partial charge in [0, 0.05) is 11.9 Å². The number of amides is 2. The molecular formula is C20H12ClF4N5O2. The molecule has 2 aromatic heterocycles. The summed E-state index contributed by atoms with van der Waals surface area (Å²) in [6.45, 7) is 0. The first-order valence-electron chi connectivity index (χ1n) is 8.92. The van der Waals surface area contributed by atoms with Crippen molar-refractivity contribution in [1.82, 2.24) is 15.0 Å². The van der Waals surface area contributed by atoms with Gasteiger partial charge in [-0.2, -0.15) is 18.2 Å². The number of ether oxygens (including phenoxy) is 1. The van der Waals surface area contributed by atoms with E-state index in [0.717, 1.165) is 0 Å². The quantitative estimate of drug-likeness (QED) is 0.247. The maximum Gasteiger partial charge on any atom is 0.416 e. The van der Waals surface area contributed by atoms with E-state index < -0.39 is 29.3 Å². The SMILES string of the molecule is O=C(Nc1ccc(Oc2nc3ccnc(Cl)c3[nH]2)cc1)Nc1cc(C(F)(F)F)ccc1F. The number of rotatable bonds is 4. The molecule has 0 fully saturated rings. The Morgan fingerprint density at radius 2 is 1.81 bits per heavy atom. The van der Waals surface area contributed by atoms with Crippen molar-refractivity contribution in [3.8, 4) is 11.8 Å². The summed E-state index contributed by atoms with van der Waals surface area (Å²) in [6.07, 6.45) is -3.16. The number of nitrogens with one attached hydrogen (secondary N) is 3. The maximum absolute atomic E-state index is 13.8. The van der Waals surface area contributed by atoms with Crippen LogP contribution in [0.4, 0.5) is 33.7 Å². The van der Waals surface area contributed by atoms with Crippen molar-refractivity contribution in [3.05, 3.63) is 71.3 Å². The smallest absolute Gasteiger partial charge is 0.416 e. The molecule has 4 rings (SSSR count). The average molecular weight is 466 g/mol. The number of fused-ring (bicyclic) bond motifs is 1. The van der Waals surface area contributed by atoms with Crippen LogP contribution in [0.5, 0.6) is 11.8 Å². The number of halogens is 5. The normalized spacial score (nSPS) is 11.4. The summed E-state index contributed by atoms with van der Waals surface area (Å²) in [7, 11) is 0. The van der Waals surface area contributed by atoms with Crippen LogP contribution in [0.25, 0.3) is 11.0 Å². The molecule has 0 bridgehead atoms. The molecule has 0 radical (unpaired) electrons. The van der Waals surface area contributed by atoms with Crippen LogP contribution in [-0.2, 0) is 6.18 Å². The lowest BCUT2D eigenvalue weighted by Gasteiger charge is -2.12. The molecule has 0 aliphatic rings. The van der Waals surface area contributed by atoms with Crippen molar-refractivity contribution >= 4 is 40.0 Å². The zero-order valence-corrected chi connectivity index (χ0v) is 16.6. The van der Waals surface area contributed by atoms with E-state index in [1.807, 2.05) is 0 Å². The van der Waals surface area contributed by atoms with Gasteiger partial charge in [-0.05, 0) is 48.5 Å². The van der Waals surface area contributed by atoms with Gasteiger partial charge in [0.2, 0.25) is 0 Å². The van der Waals surface area contributed by atoms with E-state index in [0.29, 0.717) is 40.7 Å². The summed E-state index contributed by atoms with van der Waals surface area (Å²) in [5.41, 5.74) is -0.314. The van der Waals surface area contributed by atoms with E-state index in [1.165, 1.54) is 30.5 Å². The molecule has 2 heterocycles. The largest absolute Gasteiger partial charge is 0.426 e. The number of pyridine rings is 1. The summed E-state index contributed by atoms with van der Waals surface area (Å²) in [4.78, 5) is 23.1. The third-order valence-corrected chi connectivity index (χ3v) is 4.49. The minimum Gasteiger partial charge on any atom is -0.426 e. The van der Waals surface area contributed by atoms with Crippen molar-refractivity contribution in [3.63, 3.8) is 0 Å². The third-order valence-electron chi connectivity index (χ3n) is 4.21. The number of benzene rings is 2. The van der Waals surface area contributed by atoms with Crippen LogP contribution in [0.2, 0.25) is 5.15 Å². The van der Waals surface area contributed by atoms with Gasteiger partial charge in [0.15, 0.2) is 5.15 Å². The summed E-state index contributed by atoms with van der Waals surface area (Å²) >= 11 is 5.98. The Kier molecular flexibility index (Phi) is 5.57. The van der Waals surface area contributed by atoms with E-state index in [2.05, 4.69) is 25.6 Å². The highest BCUT2D eigenvalue weighted by molar-refractivity contribution is 6.33. The molecule has 4 aromatic rings. The summed E-state index contributed by atoms with van der Waals surface area (Å²) in [5.74, 6) is -0.624. The molecular weight excluding hydrogens is 454 g/mol. The predicted molar refractivity (Wildman–Crippen MR) is 109 cm³/mol. The molecule has 12 heteroatoms. The second-order valence-electron chi connectivity index (χ2n) is 6.44. The van der Waals surface area contributed by atoms with Crippen molar-refractivity contribution in [1.29, 1.82) is 0 Å². The highest BCUT2D eigenvalue weighted by atomic mass is 35.5. The lowest BCUT2D eigenvalue weighted by Crippen LogP contribution is -2.20.